The van der Waals surface area contributed by atoms with E-state index in [9.17, 15) is 4.79 Å². The molecule has 0 spiro atoms. The molecule has 1 aromatic carbocycles. The van der Waals surface area contributed by atoms with E-state index in [4.69, 9.17) is 10.5 Å². The first kappa shape index (κ1) is 15.5. The van der Waals surface area contributed by atoms with Crippen LogP contribution in [0.25, 0.3) is 0 Å². The molecule has 1 aromatic rings. The van der Waals surface area contributed by atoms with Crippen LogP contribution in [0.2, 0.25) is 0 Å². The zero-order chi connectivity index (χ0) is 14.3. The van der Waals surface area contributed by atoms with Gasteiger partial charge in [0.25, 0.3) is 0 Å². The van der Waals surface area contributed by atoms with Gasteiger partial charge in [0.05, 0.1) is 12.3 Å². The Bertz CT molecular complexity index is 416. The molecular weight excluding hydrogens is 240 g/mol. The molecule has 1 amide bonds. The first-order valence-corrected chi connectivity index (χ1v) is 6.64. The zero-order valence-electron chi connectivity index (χ0n) is 12.0. The van der Waals surface area contributed by atoms with Crippen LogP contribution in [0.5, 0.6) is 5.75 Å². The van der Waals surface area contributed by atoms with Crippen LogP contribution in [0.15, 0.2) is 24.3 Å². The minimum atomic E-state index is -0.0969. The molecule has 4 heteroatoms. The summed E-state index contributed by atoms with van der Waals surface area (Å²) >= 11 is 0. The minimum absolute atomic E-state index is 0.0969. The first-order valence-electron chi connectivity index (χ1n) is 6.64. The summed E-state index contributed by atoms with van der Waals surface area (Å²) in [5, 5.41) is 2.76. The van der Waals surface area contributed by atoms with E-state index >= 15 is 0 Å². The van der Waals surface area contributed by atoms with Gasteiger partial charge < -0.3 is 15.8 Å². The quantitative estimate of drug-likeness (QED) is 0.744. The summed E-state index contributed by atoms with van der Waals surface area (Å²) in [6, 6.07) is 7.46. The third kappa shape index (κ3) is 5.75. The number of para-hydroxylation sites is 2. The van der Waals surface area contributed by atoms with Crippen molar-refractivity contribution in [3.05, 3.63) is 24.3 Å². The summed E-state index contributed by atoms with van der Waals surface area (Å²) in [6.45, 7) is 7.09. The molecule has 0 saturated heterocycles. The lowest BCUT2D eigenvalue weighted by Crippen LogP contribution is -2.24. The molecule has 4 nitrogen and oxygen atoms in total. The Morgan fingerprint density at radius 2 is 2.05 bits per heavy atom. The van der Waals surface area contributed by atoms with Gasteiger partial charge in [-0.15, -0.1) is 0 Å². The highest BCUT2D eigenvalue weighted by atomic mass is 16.5. The summed E-state index contributed by atoms with van der Waals surface area (Å²) in [5.41, 5.74) is 6.56. The molecule has 0 aromatic heterocycles. The van der Waals surface area contributed by atoms with E-state index in [2.05, 4.69) is 19.2 Å². The lowest BCUT2D eigenvalue weighted by atomic mass is 9.88. The second kappa shape index (κ2) is 7.14. The van der Waals surface area contributed by atoms with Crippen molar-refractivity contribution >= 4 is 11.6 Å². The normalized spacial score (nSPS) is 11.2. The predicted molar refractivity (Wildman–Crippen MR) is 78.3 cm³/mol. The largest absolute Gasteiger partial charge is 0.491 e. The Morgan fingerprint density at radius 1 is 1.37 bits per heavy atom. The van der Waals surface area contributed by atoms with E-state index in [-0.39, 0.29) is 11.3 Å². The fourth-order valence-corrected chi connectivity index (χ4v) is 1.72. The molecule has 0 saturated carbocycles. The molecular formula is C15H24N2O2. The van der Waals surface area contributed by atoms with Crippen LogP contribution in [0.4, 0.5) is 5.69 Å². The molecule has 0 unspecified atom stereocenters. The van der Waals surface area contributed by atoms with Gasteiger partial charge >= 0.3 is 0 Å². The molecule has 0 radical (unpaired) electrons. The number of hydrogen-bond acceptors (Lipinski definition) is 3. The maximum Gasteiger partial charge on any atom is 0.221 e. The number of hydrogen-bond donors (Lipinski definition) is 2. The Balaban J connectivity index is 2.47. The van der Waals surface area contributed by atoms with Gasteiger partial charge in [-0.3, -0.25) is 4.79 Å². The molecule has 0 aliphatic rings. The van der Waals surface area contributed by atoms with E-state index in [1.54, 1.807) is 0 Å². The van der Waals surface area contributed by atoms with E-state index in [0.717, 1.165) is 12.8 Å². The number of amides is 1. The summed E-state index contributed by atoms with van der Waals surface area (Å²) < 4.78 is 5.72. The maximum atomic E-state index is 11.1. The second-order valence-electron chi connectivity index (χ2n) is 5.50. The Kier molecular flexibility index (Phi) is 5.83. The van der Waals surface area contributed by atoms with Gasteiger partial charge in [0.15, 0.2) is 0 Å². The summed E-state index contributed by atoms with van der Waals surface area (Å²) in [6.07, 6.45) is 1.96. The molecule has 0 aliphatic carbocycles. The first-order chi connectivity index (χ1) is 8.94. The SMILES string of the molecule is CC(=O)Nc1ccccc1OCCCC(C)(C)CN. The lowest BCUT2D eigenvalue weighted by molar-refractivity contribution is -0.114. The van der Waals surface area contributed by atoms with E-state index < -0.39 is 0 Å². The van der Waals surface area contributed by atoms with E-state index in [1.165, 1.54) is 6.92 Å². The number of carbonyl (C=O) groups is 1. The Labute approximate surface area is 115 Å². The number of ether oxygens (including phenoxy) is 1. The van der Waals surface area contributed by atoms with Crippen LogP contribution in [0, 0.1) is 5.41 Å². The van der Waals surface area contributed by atoms with Gasteiger partial charge in [-0.25, -0.2) is 0 Å². The number of rotatable bonds is 7. The molecule has 0 atom stereocenters. The molecule has 1 rings (SSSR count). The fourth-order valence-electron chi connectivity index (χ4n) is 1.72. The minimum Gasteiger partial charge on any atom is -0.491 e. The molecule has 19 heavy (non-hydrogen) atoms. The molecule has 106 valence electrons. The van der Waals surface area contributed by atoms with Gasteiger partial charge in [0.2, 0.25) is 5.91 Å². The van der Waals surface area contributed by atoms with Crippen molar-refractivity contribution in [2.24, 2.45) is 11.1 Å². The van der Waals surface area contributed by atoms with Gasteiger partial charge in [0.1, 0.15) is 5.75 Å². The highest BCUT2D eigenvalue weighted by Gasteiger charge is 2.14. The predicted octanol–water partition coefficient (Wildman–Crippen LogP) is 2.79. The van der Waals surface area contributed by atoms with E-state index in [0.29, 0.717) is 24.6 Å². The van der Waals surface area contributed by atoms with Crippen molar-refractivity contribution < 1.29 is 9.53 Å². The highest BCUT2D eigenvalue weighted by molar-refractivity contribution is 5.90. The van der Waals surface area contributed by atoms with Crippen LogP contribution >= 0.6 is 0 Å². The number of nitrogens with two attached hydrogens (primary N) is 1. The van der Waals surface area contributed by atoms with Crippen LogP contribution in [0.1, 0.15) is 33.6 Å². The van der Waals surface area contributed by atoms with Gasteiger partial charge in [-0.05, 0) is 36.9 Å². The molecule has 0 heterocycles. The van der Waals surface area contributed by atoms with Crippen molar-refractivity contribution in [3.8, 4) is 5.75 Å². The standard InChI is InChI=1S/C15H24N2O2/c1-12(18)17-13-7-4-5-8-14(13)19-10-6-9-15(2,3)11-16/h4-5,7-8H,6,9-11,16H2,1-3H3,(H,17,18). The van der Waals surface area contributed by atoms with Crippen molar-refractivity contribution in [3.63, 3.8) is 0 Å². The summed E-state index contributed by atoms with van der Waals surface area (Å²) in [5.74, 6) is 0.614. The number of carbonyl (C=O) groups excluding carboxylic acids is 1. The van der Waals surface area contributed by atoms with Crippen molar-refractivity contribution in [1.82, 2.24) is 0 Å². The van der Waals surface area contributed by atoms with Gasteiger partial charge in [-0.1, -0.05) is 26.0 Å². The number of nitrogens with one attached hydrogen (secondary N) is 1. The van der Waals surface area contributed by atoms with Crippen molar-refractivity contribution in [2.75, 3.05) is 18.5 Å². The Morgan fingerprint density at radius 3 is 2.68 bits per heavy atom. The van der Waals surface area contributed by atoms with E-state index in [1.807, 2.05) is 24.3 Å². The van der Waals surface area contributed by atoms with Crippen LogP contribution in [-0.2, 0) is 4.79 Å². The number of benzene rings is 1. The molecule has 0 fully saturated rings. The number of anilines is 1. The zero-order valence-corrected chi connectivity index (χ0v) is 12.0. The topological polar surface area (TPSA) is 64.3 Å². The van der Waals surface area contributed by atoms with Gasteiger partial charge in [-0.2, -0.15) is 0 Å². The monoisotopic (exact) mass is 264 g/mol. The third-order valence-electron chi connectivity index (χ3n) is 3.01. The maximum absolute atomic E-state index is 11.1. The summed E-state index contributed by atoms with van der Waals surface area (Å²) in [4.78, 5) is 11.1. The average Bonchev–Trinajstić information content (AvgIpc) is 2.36. The molecule has 0 bridgehead atoms. The van der Waals surface area contributed by atoms with Crippen LogP contribution in [0.3, 0.4) is 0 Å². The average molecular weight is 264 g/mol. The van der Waals surface area contributed by atoms with Crippen LogP contribution in [-0.4, -0.2) is 19.1 Å². The van der Waals surface area contributed by atoms with Crippen LogP contribution < -0.4 is 15.8 Å². The second-order valence-corrected chi connectivity index (χ2v) is 5.50. The molecule has 3 N–H and O–H groups in total. The Hall–Kier alpha value is -1.55. The lowest BCUT2D eigenvalue weighted by Gasteiger charge is -2.22. The highest BCUT2D eigenvalue weighted by Crippen LogP contribution is 2.25. The summed E-state index contributed by atoms with van der Waals surface area (Å²) in [7, 11) is 0. The van der Waals surface area contributed by atoms with Gasteiger partial charge in [0, 0.05) is 6.92 Å². The smallest absolute Gasteiger partial charge is 0.221 e. The third-order valence-corrected chi connectivity index (χ3v) is 3.01. The van der Waals surface area contributed by atoms with Crippen molar-refractivity contribution in [2.45, 2.75) is 33.6 Å². The fraction of sp³-hybridized carbons (Fsp3) is 0.533. The molecule has 0 aliphatic heterocycles. The van der Waals surface area contributed by atoms with Crippen molar-refractivity contribution in [1.29, 1.82) is 0 Å².